The van der Waals surface area contributed by atoms with E-state index in [2.05, 4.69) is 13.8 Å². The predicted octanol–water partition coefficient (Wildman–Crippen LogP) is 2.95. The monoisotopic (exact) mass is 261 g/mol. The Balaban J connectivity index is 2.12. The van der Waals surface area contributed by atoms with E-state index >= 15 is 0 Å². The van der Waals surface area contributed by atoms with E-state index in [9.17, 15) is 4.79 Å². The third-order valence-corrected chi connectivity index (χ3v) is 3.64. The Bertz CT molecular complexity index is 434. The van der Waals surface area contributed by atoms with Crippen molar-refractivity contribution in [2.45, 2.75) is 26.9 Å². The molecule has 0 radical (unpaired) electrons. The summed E-state index contributed by atoms with van der Waals surface area (Å²) in [6, 6.07) is 7.75. The number of ether oxygens (including phenoxy) is 1. The first kappa shape index (κ1) is 14.1. The third-order valence-electron chi connectivity index (χ3n) is 3.64. The van der Waals surface area contributed by atoms with E-state index in [0.717, 1.165) is 24.2 Å². The Labute approximate surface area is 115 Å². The molecule has 0 aliphatic carbocycles. The molecule has 1 aromatic carbocycles. The number of methoxy groups -OCH3 is 1. The van der Waals surface area contributed by atoms with Gasteiger partial charge in [-0.2, -0.15) is 0 Å². The number of likely N-dealkylation sites (tertiary alicyclic amines) is 1. The van der Waals surface area contributed by atoms with Crippen LogP contribution in [0.15, 0.2) is 24.3 Å². The van der Waals surface area contributed by atoms with Crippen LogP contribution in [-0.2, 0) is 11.3 Å². The van der Waals surface area contributed by atoms with Crippen LogP contribution >= 0.6 is 0 Å². The second-order valence-corrected chi connectivity index (χ2v) is 5.79. The fourth-order valence-corrected chi connectivity index (χ4v) is 2.97. The maximum Gasteiger partial charge on any atom is 0.253 e. The van der Waals surface area contributed by atoms with Crippen molar-refractivity contribution in [2.24, 2.45) is 11.8 Å². The number of carbonyl (C=O) groups is 1. The quantitative estimate of drug-likeness (QED) is 0.837. The molecule has 19 heavy (non-hydrogen) atoms. The number of hydrogen-bond acceptors (Lipinski definition) is 2. The maximum atomic E-state index is 12.5. The number of hydrogen-bond donors (Lipinski definition) is 0. The summed E-state index contributed by atoms with van der Waals surface area (Å²) < 4.78 is 5.12. The molecule has 2 atom stereocenters. The number of carbonyl (C=O) groups excluding carboxylic acids is 1. The van der Waals surface area contributed by atoms with Crippen molar-refractivity contribution < 1.29 is 9.53 Å². The number of amides is 1. The SMILES string of the molecule is COCc1cccc(C(=O)N2CC(C)CC(C)C2)c1. The van der Waals surface area contributed by atoms with Gasteiger partial charge in [-0.25, -0.2) is 0 Å². The van der Waals surface area contributed by atoms with E-state index in [4.69, 9.17) is 4.74 Å². The number of piperidine rings is 1. The molecule has 1 aliphatic rings. The van der Waals surface area contributed by atoms with Crippen LogP contribution < -0.4 is 0 Å². The lowest BCUT2D eigenvalue weighted by Gasteiger charge is -2.35. The fourth-order valence-electron chi connectivity index (χ4n) is 2.97. The van der Waals surface area contributed by atoms with Gasteiger partial charge in [0.1, 0.15) is 0 Å². The molecular weight excluding hydrogens is 238 g/mol. The smallest absolute Gasteiger partial charge is 0.253 e. The maximum absolute atomic E-state index is 12.5. The molecule has 0 aromatic heterocycles. The average molecular weight is 261 g/mol. The summed E-state index contributed by atoms with van der Waals surface area (Å²) in [5.41, 5.74) is 1.82. The summed E-state index contributed by atoms with van der Waals surface area (Å²) in [7, 11) is 1.67. The van der Waals surface area contributed by atoms with E-state index in [1.807, 2.05) is 29.2 Å². The van der Waals surface area contributed by atoms with Gasteiger partial charge < -0.3 is 9.64 Å². The van der Waals surface area contributed by atoms with E-state index in [-0.39, 0.29) is 5.91 Å². The summed E-state index contributed by atoms with van der Waals surface area (Å²) in [6.45, 7) is 6.73. The molecule has 2 unspecified atom stereocenters. The molecule has 3 heteroatoms. The Morgan fingerprint density at radius 3 is 2.63 bits per heavy atom. The zero-order valence-corrected chi connectivity index (χ0v) is 12.1. The normalized spacial score (nSPS) is 23.4. The van der Waals surface area contributed by atoms with Crippen molar-refractivity contribution in [3.8, 4) is 0 Å². The third kappa shape index (κ3) is 3.57. The Kier molecular flexibility index (Phi) is 4.59. The van der Waals surface area contributed by atoms with Gasteiger partial charge in [0, 0.05) is 25.8 Å². The van der Waals surface area contributed by atoms with Gasteiger partial charge in [-0.15, -0.1) is 0 Å². The molecular formula is C16H23NO2. The van der Waals surface area contributed by atoms with Gasteiger partial charge in [-0.1, -0.05) is 26.0 Å². The Morgan fingerprint density at radius 2 is 2.00 bits per heavy atom. The van der Waals surface area contributed by atoms with Crippen LogP contribution in [0.4, 0.5) is 0 Å². The van der Waals surface area contributed by atoms with Crippen molar-refractivity contribution in [3.05, 3.63) is 35.4 Å². The van der Waals surface area contributed by atoms with Gasteiger partial charge in [0.15, 0.2) is 0 Å². The highest BCUT2D eigenvalue weighted by atomic mass is 16.5. The molecule has 1 heterocycles. The molecule has 3 nitrogen and oxygen atoms in total. The topological polar surface area (TPSA) is 29.5 Å². The van der Waals surface area contributed by atoms with E-state index < -0.39 is 0 Å². The first-order chi connectivity index (χ1) is 9.10. The van der Waals surface area contributed by atoms with Gasteiger partial charge >= 0.3 is 0 Å². The second kappa shape index (κ2) is 6.20. The molecule has 1 saturated heterocycles. The molecule has 1 fully saturated rings. The van der Waals surface area contributed by atoms with Gasteiger partial charge in [0.25, 0.3) is 5.91 Å². The van der Waals surface area contributed by atoms with Crippen molar-refractivity contribution >= 4 is 5.91 Å². The molecule has 1 aromatic rings. The zero-order valence-electron chi connectivity index (χ0n) is 12.1. The van der Waals surface area contributed by atoms with Crippen LogP contribution in [0.5, 0.6) is 0 Å². The highest BCUT2D eigenvalue weighted by molar-refractivity contribution is 5.94. The van der Waals surface area contributed by atoms with E-state index in [1.54, 1.807) is 7.11 Å². The number of rotatable bonds is 3. The molecule has 104 valence electrons. The van der Waals surface area contributed by atoms with E-state index in [1.165, 1.54) is 6.42 Å². The van der Waals surface area contributed by atoms with Crippen molar-refractivity contribution in [3.63, 3.8) is 0 Å². The summed E-state index contributed by atoms with van der Waals surface area (Å²) >= 11 is 0. The number of benzene rings is 1. The second-order valence-electron chi connectivity index (χ2n) is 5.79. The van der Waals surface area contributed by atoms with Crippen molar-refractivity contribution in [2.75, 3.05) is 20.2 Å². The van der Waals surface area contributed by atoms with Gasteiger partial charge in [0.2, 0.25) is 0 Å². The number of nitrogens with zero attached hydrogens (tertiary/aromatic N) is 1. The Morgan fingerprint density at radius 1 is 1.32 bits per heavy atom. The average Bonchev–Trinajstić information content (AvgIpc) is 2.37. The molecule has 2 rings (SSSR count). The van der Waals surface area contributed by atoms with Crippen LogP contribution in [0.2, 0.25) is 0 Å². The molecule has 0 saturated carbocycles. The summed E-state index contributed by atoms with van der Waals surface area (Å²) in [4.78, 5) is 14.5. The highest BCUT2D eigenvalue weighted by Crippen LogP contribution is 2.22. The van der Waals surface area contributed by atoms with Crippen LogP contribution in [0.3, 0.4) is 0 Å². The molecule has 0 N–H and O–H groups in total. The van der Waals surface area contributed by atoms with Gasteiger partial charge in [-0.05, 0) is 36.0 Å². The minimum absolute atomic E-state index is 0.149. The van der Waals surface area contributed by atoms with E-state index in [0.29, 0.717) is 18.4 Å². The molecule has 1 aliphatic heterocycles. The van der Waals surface area contributed by atoms with Crippen LogP contribution in [-0.4, -0.2) is 31.0 Å². The van der Waals surface area contributed by atoms with Gasteiger partial charge in [0.05, 0.1) is 6.61 Å². The predicted molar refractivity (Wildman–Crippen MR) is 76.0 cm³/mol. The first-order valence-electron chi connectivity index (χ1n) is 6.97. The van der Waals surface area contributed by atoms with Crippen LogP contribution in [0.1, 0.15) is 36.2 Å². The Hall–Kier alpha value is -1.35. The largest absolute Gasteiger partial charge is 0.380 e. The molecule has 1 amide bonds. The summed E-state index contributed by atoms with van der Waals surface area (Å²) in [5, 5.41) is 0. The lowest BCUT2D eigenvalue weighted by atomic mass is 9.91. The minimum atomic E-state index is 0.149. The summed E-state index contributed by atoms with van der Waals surface area (Å²) in [5.74, 6) is 1.33. The van der Waals surface area contributed by atoms with Crippen LogP contribution in [0, 0.1) is 11.8 Å². The lowest BCUT2D eigenvalue weighted by Crippen LogP contribution is -2.42. The summed E-state index contributed by atoms with van der Waals surface area (Å²) in [6.07, 6.45) is 1.22. The molecule has 0 bridgehead atoms. The van der Waals surface area contributed by atoms with Crippen molar-refractivity contribution in [1.82, 2.24) is 4.90 Å². The molecule has 0 spiro atoms. The lowest BCUT2D eigenvalue weighted by molar-refractivity contribution is 0.0623. The zero-order chi connectivity index (χ0) is 13.8. The fraction of sp³-hybridized carbons (Fsp3) is 0.562. The van der Waals surface area contributed by atoms with Crippen LogP contribution in [0.25, 0.3) is 0 Å². The van der Waals surface area contributed by atoms with Crippen molar-refractivity contribution in [1.29, 1.82) is 0 Å². The van der Waals surface area contributed by atoms with Gasteiger partial charge in [-0.3, -0.25) is 4.79 Å². The first-order valence-corrected chi connectivity index (χ1v) is 6.97. The standard InChI is InChI=1S/C16H23NO2/c1-12-7-13(2)10-17(9-12)16(18)15-6-4-5-14(8-15)11-19-3/h4-6,8,12-13H,7,9-11H2,1-3H3. The highest BCUT2D eigenvalue weighted by Gasteiger charge is 2.26. The minimum Gasteiger partial charge on any atom is -0.380 e.